The molecule has 11 nitrogen and oxygen atoms in total. The van der Waals surface area contributed by atoms with Crippen molar-refractivity contribution >= 4 is 23.6 Å². The molecule has 5 N–H and O–H groups in total. The molecule has 1 saturated heterocycles. The fourth-order valence-corrected chi connectivity index (χ4v) is 5.06. The van der Waals surface area contributed by atoms with Crippen LogP contribution in [0.2, 0.25) is 0 Å². The molecule has 4 rings (SSSR count). The molecule has 1 aromatic heterocycles. The van der Waals surface area contributed by atoms with Crippen LogP contribution in [0.3, 0.4) is 0 Å². The summed E-state index contributed by atoms with van der Waals surface area (Å²) in [4.78, 5) is 57.1. The van der Waals surface area contributed by atoms with Gasteiger partial charge in [-0.25, -0.2) is 4.98 Å². The van der Waals surface area contributed by atoms with Crippen molar-refractivity contribution in [2.45, 2.75) is 70.5 Å². The molecule has 2 aromatic rings. The van der Waals surface area contributed by atoms with E-state index in [0.717, 1.165) is 18.7 Å². The van der Waals surface area contributed by atoms with Gasteiger partial charge in [0.15, 0.2) is 5.69 Å². The smallest absolute Gasteiger partial charge is 0.273 e. The molecule has 2 aliphatic heterocycles. The predicted octanol–water partition coefficient (Wildman–Crippen LogP) is 1.61. The number of oxazole rings is 1. The average Bonchev–Trinajstić information content (AvgIpc) is 3.45. The van der Waals surface area contributed by atoms with E-state index in [1.807, 2.05) is 44.2 Å². The molecule has 3 heterocycles. The van der Waals surface area contributed by atoms with Gasteiger partial charge < -0.3 is 31.0 Å². The standard InChI is InChI=1S/C29H40N6O5/c1-18(2)24-28(39)33-22(16-19-8-4-3-5-9-19)29-34-23(17-40-29)26(37)31-13-7-6-10-21(27(38)35-24)32-25(36)20-11-14-30-15-12-20/h3-5,8-9,17-18,20-22,24,30H,6-7,10-16H2,1-2H3,(H,31,37)(H,32,36)(H,33,39)(H,35,38)/t21-,22+,24-/m0/s1. The number of hydrogen-bond donors (Lipinski definition) is 5. The summed E-state index contributed by atoms with van der Waals surface area (Å²) in [6.07, 6.45) is 4.68. The minimum absolute atomic E-state index is 0.134. The largest absolute Gasteiger partial charge is 0.446 e. The van der Waals surface area contributed by atoms with Gasteiger partial charge in [-0.1, -0.05) is 44.2 Å². The summed E-state index contributed by atoms with van der Waals surface area (Å²) >= 11 is 0. The molecular weight excluding hydrogens is 512 g/mol. The van der Waals surface area contributed by atoms with Gasteiger partial charge in [-0.05, 0) is 56.7 Å². The first kappa shape index (κ1) is 29.3. The van der Waals surface area contributed by atoms with E-state index >= 15 is 0 Å². The lowest BCUT2D eigenvalue weighted by Gasteiger charge is -2.28. The van der Waals surface area contributed by atoms with Gasteiger partial charge in [0.1, 0.15) is 24.4 Å². The lowest BCUT2D eigenvalue weighted by molar-refractivity contribution is -0.134. The maximum atomic E-state index is 13.6. The van der Waals surface area contributed by atoms with Gasteiger partial charge >= 0.3 is 0 Å². The summed E-state index contributed by atoms with van der Waals surface area (Å²) in [7, 11) is 0. The molecule has 1 aromatic carbocycles. The Labute approximate surface area is 234 Å². The molecular formula is C29H40N6O5. The van der Waals surface area contributed by atoms with Crippen LogP contribution in [-0.4, -0.2) is 60.3 Å². The van der Waals surface area contributed by atoms with E-state index in [0.29, 0.717) is 45.1 Å². The van der Waals surface area contributed by atoms with Gasteiger partial charge in [-0.15, -0.1) is 0 Å². The Hall–Kier alpha value is -3.73. The van der Waals surface area contributed by atoms with Crippen LogP contribution in [0, 0.1) is 11.8 Å². The first-order chi connectivity index (χ1) is 19.3. The third kappa shape index (κ3) is 7.91. The van der Waals surface area contributed by atoms with Crippen molar-refractivity contribution in [3.05, 3.63) is 53.7 Å². The molecule has 216 valence electrons. The number of carbonyl (C=O) groups excluding carboxylic acids is 4. The number of carbonyl (C=O) groups is 4. The Balaban J connectivity index is 1.57. The second-order valence-electron chi connectivity index (χ2n) is 10.9. The van der Waals surface area contributed by atoms with E-state index in [4.69, 9.17) is 4.42 Å². The van der Waals surface area contributed by atoms with Gasteiger partial charge in [-0.3, -0.25) is 19.2 Å². The topological polar surface area (TPSA) is 154 Å². The Morgan fingerprint density at radius 3 is 2.48 bits per heavy atom. The highest BCUT2D eigenvalue weighted by molar-refractivity contribution is 5.93. The Morgan fingerprint density at radius 2 is 1.75 bits per heavy atom. The molecule has 0 aliphatic carbocycles. The number of fused-ring (bicyclic) bond motifs is 2. The van der Waals surface area contributed by atoms with Gasteiger partial charge in [-0.2, -0.15) is 0 Å². The second kappa shape index (κ2) is 14.1. The zero-order valence-corrected chi connectivity index (χ0v) is 23.2. The van der Waals surface area contributed by atoms with E-state index in [-0.39, 0.29) is 35.2 Å². The van der Waals surface area contributed by atoms with Crippen molar-refractivity contribution in [1.29, 1.82) is 0 Å². The van der Waals surface area contributed by atoms with Crippen LogP contribution in [0.1, 0.15) is 73.9 Å². The Morgan fingerprint density at radius 1 is 1.00 bits per heavy atom. The maximum absolute atomic E-state index is 13.6. The van der Waals surface area contributed by atoms with E-state index < -0.39 is 29.9 Å². The van der Waals surface area contributed by atoms with Crippen LogP contribution in [0.4, 0.5) is 0 Å². The number of hydrogen-bond acceptors (Lipinski definition) is 7. The first-order valence-corrected chi connectivity index (χ1v) is 14.2. The van der Waals surface area contributed by atoms with Crippen LogP contribution < -0.4 is 26.6 Å². The van der Waals surface area contributed by atoms with E-state index in [2.05, 4.69) is 31.6 Å². The van der Waals surface area contributed by atoms with Gasteiger partial charge in [0.05, 0.1) is 0 Å². The SMILES string of the molecule is CC(C)[C@@H]1NC(=O)[C@@H](NC(=O)C2CCNCC2)CCCCNC(=O)c2coc(n2)[C@@H](Cc2ccccc2)NC1=O. The number of amides is 4. The van der Waals surface area contributed by atoms with Gasteiger partial charge in [0, 0.05) is 18.9 Å². The zero-order valence-electron chi connectivity index (χ0n) is 23.2. The summed E-state index contributed by atoms with van der Waals surface area (Å²) in [6.45, 7) is 5.62. The van der Waals surface area contributed by atoms with Crippen LogP contribution in [0.25, 0.3) is 0 Å². The molecule has 0 unspecified atom stereocenters. The number of nitrogens with zero attached hydrogens (tertiary/aromatic N) is 1. The highest BCUT2D eigenvalue weighted by atomic mass is 16.3. The van der Waals surface area contributed by atoms with Crippen LogP contribution >= 0.6 is 0 Å². The number of nitrogens with one attached hydrogen (secondary N) is 5. The molecule has 0 saturated carbocycles. The molecule has 11 heteroatoms. The first-order valence-electron chi connectivity index (χ1n) is 14.2. The van der Waals surface area contributed by atoms with Crippen molar-refractivity contribution in [3.63, 3.8) is 0 Å². The highest BCUT2D eigenvalue weighted by Crippen LogP contribution is 2.20. The number of piperidine rings is 1. The fourth-order valence-electron chi connectivity index (χ4n) is 5.06. The number of aromatic nitrogens is 1. The molecule has 0 spiro atoms. The van der Waals surface area contributed by atoms with Gasteiger partial charge in [0.2, 0.25) is 23.6 Å². The van der Waals surface area contributed by atoms with Crippen LogP contribution in [-0.2, 0) is 20.8 Å². The Kier molecular flexibility index (Phi) is 10.3. The summed E-state index contributed by atoms with van der Waals surface area (Å²) in [5.74, 6) is -1.49. The molecule has 2 aliphatic rings. The van der Waals surface area contributed by atoms with Crippen molar-refractivity contribution < 1.29 is 23.6 Å². The lowest BCUT2D eigenvalue weighted by Crippen LogP contribution is -2.56. The summed E-state index contributed by atoms with van der Waals surface area (Å²) in [6, 6.07) is 7.25. The van der Waals surface area contributed by atoms with E-state index in [1.165, 1.54) is 6.26 Å². The van der Waals surface area contributed by atoms with Crippen LogP contribution in [0.15, 0.2) is 41.0 Å². The van der Waals surface area contributed by atoms with Crippen molar-refractivity contribution in [3.8, 4) is 0 Å². The summed E-state index contributed by atoms with van der Waals surface area (Å²) in [5, 5.41) is 14.9. The normalized spacial score (nSPS) is 23.7. The Bertz CT molecular complexity index is 1160. The molecule has 0 radical (unpaired) electrons. The fraction of sp³-hybridized carbons (Fsp3) is 0.552. The lowest BCUT2D eigenvalue weighted by atomic mass is 9.96. The molecule has 40 heavy (non-hydrogen) atoms. The molecule has 2 bridgehead atoms. The maximum Gasteiger partial charge on any atom is 0.273 e. The summed E-state index contributed by atoms with van der Waals surface area (Å²) < 4.78 is 5.65. The monoisotopic (exact) mass is 552 g/mol. The average molecular weight is 553 g/mol. The van der Waals surface area contributed by atoms with Crippen molar-refractivity contribution in [1.82, 2.24) is 31.6 Å². The second-order valence-corrected chi connectivity index (χ2v) is 10.9. The predicted molar refractivity (Wildman–Crippen MR) is 148 cm³/mol. The zero-order chi connectivity index (χ0) is 28.5. The van der Waals surface area contributed by atoms with Crippen molar-refractivity contribution in [2.75, 3.05) is 19.6 Å². The minimum atomic E-state index is -0.852. The summed E-state index contributed by atoms with van der Waals surface area (Å²) in [5.41, 5.74) is 1.08. The van der Waals surface area contributed by atoms with Crippen LogP contribution in [0.5, 0.6) is 0 Å². The third-order valence-electron chi connectivity index (χ3n) is 7.45. The minimum Gasteiger partial charge on any atom is -0.446 e. The van der Waals surface area contributed by atoms with Crippen molar-refractivity contribution in [2.24, 2.45) is 11.8 Å². The van der Waals surface area contributed by atoms with Gasteiger partial charge in [0.25, 0.3) is 5.91 Å². The quantitative estimate of drug-likeness (QED) is 0.378. The highest BCUT2D eigenvalue weighted by Gasteiger charge is 2.33. The molecule has 3 atom stereocenters. The number of rotatable bonds is 5. The van der Waals surface area contributed by atoms with E-state index in [9.17, 15) is 19.2 Å². The molecule has 1 fully saturated rings. The third-order valence-corrected chi connectivity index (χ3v) is 7.45. The number of benzene rings is 1. The van der Waals surface area contributed by atoms with E-state index in [1.54, 1.807) is 0 Å². The molecule has 4 amide bonds.